The number of halogens is 1. The minimum atomic E-state index is -3.82. The Bertz CT molecular complexity index is 1470. The second kappa shape index (κ2) is 12.2. The number of aldehydes is 1. The molecule has 12 heteroatoms. The van der Waals surface area contributed by atoms with E-state index in [0.717, 1.165) is 48.0 Å². The number of anilines is 1. The van der Waals surface area contributed by atoms with Crippen LogP contribution in [-0.2, 0) is 14.8 Å². The highest BCUT2D eigenvalue weighted by atomic mass is 35.5. The minimum Gasteiger partial charge on any atom is -0.347 e. The number of hydrogen-bond donors (Lipinski definition) is 1. The van der Waals surface area contributed by atoms with Gasteiger partial charge >= 0.3 is 0 Å². The minimum absolute atomic E-state index is 0.0833. The lowest BCUT2D eigenvalue weighted by molar-refractivity contribution is -0.115. The zero-order chi connectivity index (χ0) is 28.4. The fraction of sp³-hybridized carbons (Fsp3) is 0.464. The van der Waals surface area contributed by atoms with E-state index in [1.165, 1.54) is 21.7 Å². The Hall–Kier alpha value is -2.41. The van der Waals surface area contributed by atoms with Crippen molar-refractivity contribution in [2.75, 3.05) is 51.7 Å². The lowest BCUT2D eigenvalue weighted by Gasteiger charge is -2.46. The highest BCUT2D eigenvalue weighted by Crippen LogP contribution is 2.39. The maximum atomic E-state index is 14.0. The summed E-state index contributed by atoms with van der Waals surface area (Å²) in [5.74, 6) is 0.891. The molecule has 0 spiro atoms. The average Bonchev–Trinajstić information content (AvgIpc) is 3.36. The van der Waals surface area contributed by atoms with Crippen molar-refractivity contribution in [3.05, 3.63) is 64.8 Å². The van der Waals surface area contributed by atoms with Crippen LogP contribution in [0.5, 0.6) is 0 Å². The molecule has 3 aromatic rings. The molecule has 2 fully saturated rings. The van der Waals surface area contributed by atoms with Crippen LogP contribution in [-0.4, -0.2) is 86.7 Å². The molecular formula is C28H35ClN6O3S2. The van der Waals surface area contributed by atoms with E-state index >= 15 is 0 Å². The lowest BCUT2D eigenvalue weighted by atomic mass is 9.86. The molecule has 0 aliphatic carbocycles. The van der Waals surface area contributed by atoms with Gasteiger partial charge in [0.2, 0.25) is 16.0 Å². The van der Waals surface area contributed by atoms with Crippen LogP contribution >= 0.6 is 22.9 Å². The van der Waals surface area contributed by atoms with Crippen molar-refractivity contribution in [2.45, 2.75) is 30.2 Å². The first kappa shape index (κ1) is 29.1. The number of fused-ring (bicyclic) bond motifs is 1. The fourth-order valence-corrected chi connectivity index (χ4v) is 9.24. The topological polar surface area (TPSA) is 98.7 Å². The summed E-state index contributed by atoms with van der Waals surface area (Å²) < 4.78 is 30.3. The first-order valence-corrected chi connectivity index (χ1v) is 16.1. The number of benzene rings is 1. The van der Waals surface area contributed by atoms with Gasteiger partial charge in [-0.2, -0.15) is 4.31 Å². The number of rotatable bonds is 9. The van der Waals surface area contributed by atoms with Gasteiger partial charge in [0.15, 0.2) is 0 Å². The molecular weight excluding hydrogens is 568 g/mol. The SMILES string of the molecule is C=CC(c1cc2ccc(Cl)cc2s1)S(=O)(=O)N1CCN(C(c2ccnc(N(C)C)n2)C2CCNCC2)C(C=O)C1. The predicted octanol–water partition coefficient (Wildman–Crippen LogP) is 3.89. The molecule has 9 nitrogen and oxygen atoms in total. The number of aromatic nitrogens is 2. The maximum absolute atomic E-state index is 14.0. The quantitative estimate of drug-likeness (QED) is 0.291. The number of sulfonamides is 1. The van der Waals surface area contributed by atoms with Crippen molar-refractivity contribution in [1.82, 2.24) is 24.5 Å². The smallest absolute Gasteiger partial charge is 0.225 e. The molecule has 1 N–H and O–H groups in total. The van der Waals surface area contributed by atoms with E-state index in [-0.39, 0.29) is 25.0 Å². The number of hydrogen-bond acceptors (Lipinski definition) is 9. The predicted molar refractivity (Wildman–Crippen MR) is 162 cm³/mol. The highest BCUT2D eigenvalue weighted by molar-refractivity contribution is 7.89. The largest absolute Gasteiger partial charge is 0.347 e. The molecule has 40 heavy (non-hydrogen) atoms. The Morgan fingerprint density at radius 2 is 1.98 bits per heavy atom. The molecule has 2 aromatic heterocycles. The third-order valence-electron chi connectivity index (χ3n) is 7.81. The molecule has 1 aromatic carbocycles. The zero-order valence-corrected chi connectivity index (χ0v) is 25.1. The van der Waals surface area contributed by atoms with Crippen LogP contribution in [0.2, 0.25) is 5.02 Å². The first-order valence-electron chi connectivity index (χ1n) is 13.5. The number of carbonyl (C=O) groups is 1. The number of piperazine rings is 1. The number of thiophene rings is 1. The van der Waals surface area contributed by atoms with Crippen molar-refractivity contribution in [1.29, 1.82) is 0 Å². The summed E-state index contributed by atoms with van der Waals surface area (Å²) in [6, 6.07) is 8.61. The van der Waals surface area contributed by atoms with Gasteiger partial charge in [0.1, 0.15) is 11.5 Å². The molecule has 4 heterocycles. The summed E-state index contributed by atoms with van der Waals surface area (Å²) in [4.78, 5) is 26.5. The molecule has 0 amide bonds. The van der Waals surface area contributed by atoms with E-state index in [1.807, 2.05) is 43.3 Å². The van der Waals surface area contributed by atoms with Crippen molar-refractivity contribution in [2.24, 2.45) is 5.92 Å². The van der Waals surface area contributed by atoms with E-state index in [4.69, 9.17) is 16.6 Å². The molecule has 3 unspecified atom stereocenters. The van der Waals surface area contributed by atoms with Gasteiger partial charge in [0.25, 0.3) is 0 Å². The van der Waals surface area contributed by atoms with Crippen molar-refractivity contribution >= 4 is 55.3 Å². The fourth-order valence-electron chi connectivity index (χ4n) is 5.79. The van der Waals surface area contributed by atoms with E-state index < -0.39 is 21.3 Å². The van der Waals surface area contributed by atoms with Crippen LogP contribution < -0.4 is 10.2 Å². The Balaban J connectivity index is 1.43. The van der Waals surface area contributed by atoms with Crippen LogP contribution in [0.1, 0.15) is 34.7 Å². The Kier molecular flexibility index (Phi) is 8.89. The highest BCUT2D eigenvalue weighted by Gasteiger charge is 2.42. The molecule has 2 saturated heterocycles. The molecule has 3 atom stereocenters. The lowest BCUT2D eigenvalue weighted by Crippen LogP contribution is -2.58. The van der Waals surface area contributed by atoms with Gasteiger partial charge in [-0.1, -0.05) is 23.7 Å². The third-order valence-corrected chi connectivity index (χ3v) is 11.5. The van der Waals surface area contributed by atoms with E-state index in [2.05, 4.69) is 21.8 Å². The average molecular weight is 603 g/mol. The van der Waals surface area contributed by atoms with Crippen LogP contribution in [0.3, 0.4) is 0 Å². The van der Waals surface area contributed by atoms with Gasteiger partial charge in [-0.15, -0.1) is 17.9 Å². The summed E-state index contributed by atoms with van der Waals surface area (Å²) in [6.07, 6.45) is 6.02. The second-order valence-electron chi connectivity index (χ2n) is 10.5. The molecule has 0 saturated carbocycles. The van der Waals surface area contributed by atoms with Crippen LogP contribution in [0.4, 0.5) is 5.95 Å². The molecule has 0 bridgehead atoms. The molecule has 2 aliphatic rings. The molecule has 214 valence electrons. The summed E-state index contributed by atoms with van der Waals surface area (Å²) in [5.41, 5.74) is 0.863. The molecule has 5 rings (SSSR count). The summed E-state index contributed by atoms with van der Waals surface area (Å²) in [7, 11) is -0.0187. The summed E-state index contributed by atoms with van der Waals surface area (Å²) in [6.45, 7) is 6.44. The molecule has 0 radical (unpaired) electrons. The second-order valence-corrected chi connectivity index (χ2v) is 14.1. The van der Waals surface area contributed by atoms with Crippen molar-refractivity contribution in [3.8, 4) is 0 Å². The standard InChI is InChI=1S/C28H35ClN6O3S2/c1-4-26(25-15-20-5-6-21(29)16-24(20)39-25)40(37,38)34-13-14-35(22(17-34)18-36)27(19-7-10-30-11-8-19)23-9-12-31-28(32-23)33(2)3/h4-6,9,12,15-16,18-19,22,26-27,30H,1,7-8,10-11,13-14,17H2,2-3H3. The molecule has 2 aliphatic heterocycles. The first-order chi connectivity index (χ1) is 19.2. The van der Waals surface area contributed by atoms with Gasteiger partial charge < -0.3 is 15.0 Å². The number of piperidine rings is 1. The normalized spacial score (nSPS) is 21.2. The van der Waals surface area contributed by atoms with Crippen molar-refractivity contribution in [3.63, 3.8) is 0 Å². The van der Waals surface area contributed by atoms with Gasteiger partial charge in [-0.05, 0) is 61.5 Å². The van der Waals surface area contributed by atoms with Gasteiger partial charge in [-0.3, -0.25) is 4.90 Å². The van der Waals surface area contributed by atoms with Crippen molar-refractivity contribution < 1.29 is 13.2 Å². The Morgan fingerprint density at radius 1 is 1.20 bits per heavy atom. The van der Waals surface area contributed by atoms with Crippen LogP contribution in [0.25, 0.3) is 10.1 Å². The van der Waals surface area contributed by atoms with Gasteiger partial charge in [0.05, 0.1) is 17.8 Å². The van der Waals surface area contributed by atoms with E-state index in [9.17, 15) is 13.2 Å². The maximum Gasteiger partial charge on any atom is 0.225 e. The number of nitrogens with one attached hydrogen (secondary N) is 1. The van der Waals surface area contributed by atoms with Gasteiger partial charge in [-0.25, -0.2) is 18.4 Å². The summed E-state index contributed by atoms with van der Waals surface area (Å²) in [5, 5.41) is 4.05. The monoisotopic (exact) mass is 602 g/mol. The number of nitrogens with zero attached hydrogens (tertiary/aromatic N) is 5. The van der Waals surface area contributed by atoms with Crippen LogP contribution in [0, 0.1) is 5.92 Å². The Labute approximate surface area is 244 Å². The van der Waals surface area contributed by atoms with Gasteiger partial charge in [0, 0.05) is 54.5 Å². The number of carbonyl (C=O) groups excluding carboxylic acids is 1. The summed E-state index contributed by atoms with van der Waals surface area (Å²) >= 11 is 7.56. The van der Waals surface area contributed by atoms with E-state index in [1.54, 1.807) is 12.3 Å². The van der Waals surface area contributed by atoms with Crippen LogP contribution in [0.15, 0.2) is 49.2 Å². The third kappa shape index (κ3) is 5.81. The zero-order valence-electron chi connectivity index (χ0n) is 22.7. The Morgan fingerprint density at radius 3 is 2.67 bits per heavy atom. The van der Waals surface area contributed by atoms with E-state index in [0.29, 0.717) is 22.4 Å².